The number of fused-ring (bicyclic) bond motifs is 1. The number of aromatic nitrogens is 4. The quantitative estimate of drug-likeness (QED) is 0.389. The number of halogens is 4. The summed E-state index contributed by atoms with van der Waals surface area (Å²) in [4.78, 5) is 24.8. The summed E-state index contributed by atoms with van der Waals surface area (Å²) in [6, 6.07) is 9.21. The van der Waals surface area contributed by atoms with Gasteiger partial charge in [0.1, 0.15) is 18.2 Å². The van der Waals surface area contributed by atoms with Crippen molar-refractivity contribution in [1.82, 2.24) is 19.5 Å². The van der Waals surface area contributed by atoms with Crippen LogP contribution in [-0.2, 0) is 6.18 Å². The Hall–Kier alpha value is -3.86. The van der Waals surface area contributed by atoms with Crippen molar-refractivity contribution in [3.05, 3.63) is 65.7 Å². The lowest BCUT2D eigenvalue weighted by atomic mass is 10.2. The van der Waals surface area contributed by atoms with Crippen LogP contribution in [0, 0.1) is 0 Å². The highest BCUT2D eigenvalue weighted by molar-refractivity contribution is 6.31. The number of rotatable bonds is 4. The van der Waals surface area contributed by atoms with Crippen LogP contribution in [0.15, 0.2) is 55.1 Å². The Morgan fingerprint density at radius 3 is 2.38 bits per heavy atom. The number of imidazole rings is 1. The molecule has 2 aromatic heterocycles. The van der Waals surface area contributed by atoms with Crippen LogP contribution in [-0.4, -0.2) is 32.6 Å². The third kappa shape index (κ3) is 4.28. The van der Waals surface area contributed by atoms with E-state index in [0.717, 1.165) is 17.8 Å². The molecule has 0 unspecified atom stereocenters. The molecular weight excluding hydrogens is 447 g/mol. The molecule has 2 heterocycles. The normalized spacial score (nSPS) is 11.4. The summed E-state index contributed by atoms with van der Waals surface area (Å²) in [6.45, 7) is 0. The number of nitrogens with zero attached hydrogens (tertiary/aromatic N) is 4. The Balaban J connectivity index is 1.50. The van der Waals surface area contributed by atoms with Crippen LogP contribution in [0.1, 0.15) is 5.56 Å². The van der Waals surface area contributed by atoms with E-state index in [1.54, 1.807) is 42.2 Å². The van der Waals surface area contributed by atoms with Gasteiger partial charge in [0, 0.05) is 24.1 Å². The molecule has 2 aromatic carbocycles. The van der Waals surface area contributed by atoms with Gasteiger partial charge in [-0.25, -0.2) is 19.7 Å². The number of amides is 2. The van der Waals surface area contributed by atoms with Crippen molar-refractivity contribution in [1.29, 1.82) is 0 Å². The second-order valence-corrected chi connectivity index (χ2v) is 6.98. The molecular formula is C20H15ClF3N7O. The van der Waals surface area contributed by atoms with Crippen LogP contribution in [0.5, 0.6) is 0 Å². The van der Waals surface area contributed by atoms with E-state index in [1.807, 2.05) is 0 Å². The average Bonchev–Trinajstić information content (AvgIpc) is 3.19. The molecule has 12 heteroatoms. The van der Waals surface area contributed by atoms with Crippen molar-refractivity contribution < 1.29 is 18.0 Å². The SMILES string of the molecule is CNc1ncnc2ncn(-c3ccc(NC(=O)Nc4ccc(Cl)c(C(F)(F)F)c4)cc3)c12. The van der Waals surface area contributed by atoms with Crippen molar-refractivity contribution in [3.8, 4) is 5.69 Å². The maximum atomic E-state index is 13.0. The zero-order valence-electron chi connectivity index (χ0n) is 16.4. The second-order valence-electron chi connectivity index (χ2n) is 6.58. The van der Waals surface area contributed by atoms with Crippen LogP contribution >= 0.6 is 11.6 Å². The fraction of sp³-hybridized carbons (Fsp3) is 0.100. The predicted molar refractivity (Wildman–Crippen MR) is 115 cm³/mol. The van der Waals surface area contributed by atoms with E-state index in [4.69, 9.17) is 11.6 Å². The minimum Gasteiger partial charge on any atom is -0.371 e. The van der Waals surface area contributed by atoms with Gasteiger partial charge >= 0.3 is 12.2 Å². The molecule has 0 atom stereocenters. The first-order valence-corrected chi connectivity index (χ1v) is 9.55. The van der Waals surface area contributed by atoms with Crippen LogP contribution in [0.4, 0.5) is 35.2 Å². The summed E-state index contributed by atoms with van der Waals surface area (Å²) in [5, 5.41) is 7.47. The number of alkyl halides is 3. The predicted octanol–water partition coefficient (Wildman–Crippen LogP) is 5.17. The van der Waals surface area contributed by atoms with Gasteiger partial charge in [0.15, 0.2) is 11.5 Å². The molecule has 0 aliphatic heterocycles. The Morgan fingerprint density at radius 2 is 1.69 bits per heavy atom. The molecule has 3 N–H and O–H groups in total. The van der Waals surface area contributed by atoms with Gasteiger partial charge < -0.3 is 16.0 Å². The third-order valence-corrected chi connectivity index (χ3v) is 4.84. The summed E-state index contributed by atoms with van der Waals surface area (Å²) < 4.78 is 40.7. The topological polar surface area (TPSA) is 96.8 Å². The van der Waals surface area contributed by atoms with E-state index in [1.165, 1.54) is 12.4 Å². The maximum absolute atomic E-state index is 13.0. The number of hydrogen-bond donors (Lipinski definition) is 3. The lowest BCUT2D eigenvalue weighted by molar-refractivity contribution is -0.137. The smallest absolute Gasteiger partial charge is 0.371 e. The number of carbonyl (C=O) groups is 1. The van der Waals surface area contributed by atoms with Crippen LogP contribution < -0.4 is 16.0 Å². The minimum atomic E-state index is -4.63. The van der Waals surface area contributed by atoms with Crippen molar-refractivity contribution in [3.63, 3.8) is 0 Å². The van der Waals surface area contributed by atoms with E-state index < -0.39 is 22.8 Å². The van der Waals surface area contributed by atoms with Crippen LogP contribution in [0.25, 0.3) is 16.9 Å². The van der Waals surface area contributed by atoms with Gasteiger partial charge in [-0.2, -0.15) is 13.2 Å². The standard InChI is InChI=1S/C20H15ClF3N7O/c1-25-17-16-18(27-9-26-17)28-10-31(16)13-5-2-11(3-6-13)29-19(32)30-12-4-7-15(21)14(8-12)20(22,23)24/h2-10H,1H3,(H,25,26,27)(H2,29,30,32). The zero-order valence-corrected chi connectivity index (χ0v) is 17.2. The van der Waals surface area contributed by atoms with Gasteiger partial charge in [-0.15, -0.1) is 0 Å². The molecule has 4 rings (SSSR count). The average molecular weight is 462 g/mol. The molecule has 0 aliphatic carbocycles. The molecule has 2 amide bonds. The van der Waals surface area contributed by atoms with Crippen molar-refractivity contribution in [2.75, 3.05) is 23.0 Å². The van der Waals surface area contributed by atoms with E-state index in [9.17, 15) is 18.0 Å². The Morgan fingerprint density at radius 1 is 1.00 bits per heavy atom. The Bertz CT molecular complexity index is 1290. The van der Waals surface area contributed by atoms with E-state index in [-0.39, 0.29) is 5.69 Å². The molecule has 0 spiro atoms. The largest absolute Gasteiger partial charge is 0.417 e. The molecule has 0 saturated heterocycles. The van der Waals surface area contributed by atoms with Gasteiger partial charge in [-0.05, 0) is 42.5 Å². The van der Waals surface area contributed by atoms with Crippen molar-refractivity contribution in [2.24, 2.45) is 0 Å². The first-order valence-electron chi connectivity index (χ1n) is 9.17. The number of urea groups is 1. The van der Waals surface area contributed by atoms with Crippen molar-refractivity contribution >= 4 is 46.0 Å². The van der Waals surface area contributed by atoms with Crippen LogP contribution in [0.2, 0.25) is 5.02 Å². The number of hydrogen-bond acceptors (Lipinski definition) is 5. The summed E-state index contributed by atoms with van der Waals surface area (Å²) in [6.07, 6.45) is -1.61. The number of nitrogens with one attached hydrogen (secondary N) is 3. The summed E-state index contributed by atoms with van der Waals surface area (Å²) in [5.74, 6) is 0.607. The third-order valence-electron chi connectivity index (χ3n) is 4.51. The molecule has 164 valence electrons. The fourth-order valence-electron chi connectivity index (χ4n) is 3.05. The molecule has 0 bridgehead atoms. The first-order chi connectivity index (χ1) is 15.3. The highest BCUT2D eigenvalue weighted by Gasteiger charge is 2.33. The fourth-order valence-corrected chi connectivity index (χ4v) is 3.28. The number of carbonyl (C=O) groups excluding carboxylic acids is 1. The van der Waals surface area contributed by atoms with Gasteiger partial charge in [0.05, 0.1) is 10.6 Å². The number of benzene rings is 2. The first kappa shape index (κ1) is 21.4. The van der Waals surface area contributed by atoms with Gasteiger partial charge in [-0.1, -0.05) is 11.6 Å². The molecule has 4 aromatic rings. The molecule has 0 saturated carbocycles. The lowest BCUT2D eigenvalue weighted by Gasteiger charge is -2.13. The lowest BCUT2D eigenvalue weighted by Crippen LogP contribution is -2.20. The van der Waals surface area contributed by atoms with Gasteiger partial charge in [-0.3, -0.25) is 4.57 Å². The Labute approximate surface area is 184 Å². The van der Waals surface area contributed by atoms with Gasteiger partial charge in [0.25, 0.3) is 0 Å². The van der Waals surface area contributed by atoms with E-state index >= 15 is 0 Å². The van der Waals surface area contributed by atoms with Crippen molar-refractivity contribution in [2.45, 2.75) is 6.18 Å². The highest BCUT2D eigenvalue weighted by Crippen LogP contribution is 2.36. The highest BCUT2D eigenvalue weighted by atomic mass is 35.5. The summed E-state index contributed by atoms with van der Waals surface area (Å²) >= 11 is 5.59. The zero-order chi connectivity index (χ0) is 22.9. The molecule has 32 heavy (non-hydrogen) atoms. The van der Waals surface area contributed by atoms with E-state index in [2.05, 4.69) is 30.9 Å². The van der Waals surface area contributed by atoms with E-state index in [0.29, 0.717) is 22.7 Å². The molecule has 8 nitrogen and oxygen atoms in total. The monoisotopic (exact) mass is 461 g/mol. The molecule has 0 radical (unpaired) electrons. The van der Waals surface area contributed by atoms with Gasteiger partial charge in [0.2, 0.25) is 0 Å². The second kappa shape index (κ2) is 8.35. The molecule has 0 fully saturated rings. The number of anilines is 3. The van der Waals surface area contributed by atoms with Crippen LogP contribution in [0.3, 0.4) is 0 Å². The Kier molecular flexibility index (Phi) is 5.57. The summed E-state index contributed by atoms with van der Waals surface area (Å²) in [7, 11) is 1.74. The maximum Gasteiger partial charge on any atom is 0.417 e. The summed E-state index contributed by atoms with van der Waals surface area (Å²) in [5.41, 5.74) is 1.32. The minimum absolute atomic E-state index is 0.0414. The molecule has 0 aliphatic rings.